The summed E-state index contributed by atoms with van der Waals surface area (Å²) in [6.07, 6.45) is 1.44. The van der Waals surface area contributed by atoms with Crippen molar-refractivity contribution in [3.05, 3.63) is 77.7 Å². The first-order valence-corrected chi connectivity index (χ1v) is 8.93. The van der Waals surface area contributed by atoms with Crippen molar-refractivity contribution in [1.82, 2.24) is 4.90 Å². The molecule has 150 valence electrons. The molecular formula is C22H22N2O5. The Bertz CT molecular complexity index is 981. The van der Waals surface area contributed by atoms with Crippen LogP contribution in [-0.4, -0.2) is 38.0 Å². The summed E-state index contributed by atoms with van der Waals surface area (Å²) < 4.78 is 15.6. The van der Waals surface area contributed by atoms with Crippen LogP contribution in [0.3, 0.4) is 0 Å². The van der Waals surface area contributed by atoms with E-state index in [1.165, 1.54) is 6.26 Å². The minimum Gasteiger partial charge on any atom is -0.493 e. The molecule has 7 nitrogen and oxygen atoms in total. The van der Waals surface area contributed by atoms with Crippen molar-refractivity contribution in [3.63, 3.8) is 0 Å². The van der Waals surface area contributed by atoms with Gasteiger partial charge < -0.3 is 24.1 Å². The van der Waals surface area contributed by atoms with E-state index in [0.29, 0.717) is 29.3 Å². The van der Waals surface area contributed by atoms with Crippen LogP contribution in [0.5, 0.6) is 11.5 Å². The molecule has 0 spiro atoms. The maximum atomic E-state index is 12.7. The zero-order valence-corrected chi connectivity index (χ0v) is 16.5. The van der Waals surface area contributed by atoms with Crippen LogP contribution in [-0.2, 0) is 6.54 Å². The second kappa shape index (κ2) is 8.97. The van der Waals surface area contributed by atoms with Gasteiger partial charge >= 0.3 is 0 Å². The number of ether oxygens (including phenoxy) is 2. The molecule has 2 aromatic carbocycles. The first-order valence-electron chi connectivity index (χ1n) is 8.93. The number of hydrogen-bond donors (Lipinski definition) is 1. The quantitative estimate of drug-likeness (QED) is 0.659. The summed E-state index contributed by atoms with van der Waals surface area (Å²) in [4.78, 5) is 26.3. The lowest BCUT2D eigenvalue weighted by Crippen LogP contribution is -2.26. The van der Waals surface area contributed by atoms with Gasteiger partial charge in [-0.3, -0.25) is 9.59 Å². The minimum absolute atomic E-state index is 0.135. The number of carbonyl (C=O) groups excluding carboxylic acids is 2. The number of furan rings is 1. The van der Waals surface area contributed by atoms with Gasteiger partial charge in [0.15, 0.2) is 17.3 Å². The standard InChI is InChI=1S/C22H22N2O5/c1-24(14-15-6-11-18(27-2)20(13-15)28-3)22(26)16-7-9-17(10-8-16)23-21(25)19-5-4-12-29-19/h4-13H,14H2,1-3H3,(H,23,25). The summed E-state index contributed by atoms with van der Waals surface area (Å²) >= 11 is 0. The first-order chi connectivity index (χ1) is 14.0. The van der Waals surface area contributed by atoms with Gasteiger partial charge in [0.1, 0.15) is 0 Å². The van der Waals surface area contributed by atoms with E-state index < -0.39 is 0 Å². The van der Waals surface area contributed by atoms with Crippen molar-refractivity contribution in [1.29, 1.82) is 0 Å². The minimum atomic E-state index is -0.348. The Hall–Kier alpha value is -3.74. The summed E-state index contributed by atoms with van der Waals surface area (Å²) in [5, 5.41) is 2.72. The van der Waals surface area contributed by atoms with E-state index in [1.807, 2.05) is 18.2 Å². The van der Waals surface area contributed by atoms with Gasteiger partial charge in [-0.2, -0.15) is 0 Å². The number of benzene rings is 2. The number of hydrogen-bond acceptors (Lipinski definition) is 5. The lowest BCUT2D eigenvalue weighted by Gasteiger charge is -2.18. The highest BCUT2D eigenvalue weighted by Gasteiger charge is 2.14. The Morgan fingerprint density at radius 1 is 1.00 bits per heavy atom. The van der Waals surface area contributed by atoms with Crippen molar-refractivity contribution < 1.29 is 23.5 Å². The van der Waals surface area contributed by atoms with Crippen molar-refractivity contribution in [2.75, 3.05) is 26.6 Å². The fraction of sp³-hybridized carbons (Fsp3) is 0.182. The molecule has 3 aromatic rings. The van der Waals surface area contributed by atoms with Gasteiger partial charge in [0, 0.05) is 24.8 Å². The van der Waals surface area contributed by atoms with E-state index in [-0.39, 0.29) is 17.6 Å². The number of carbonyl (C=O) groups is 2. The van der Waals surface area contributed by atoms with Crippen LogP contribution in [0.25, 0.3) is 0 Å². The smallest absolute Gasteiger partial charge is 0.291 e. The van der Waals surface area contributed by atoms with Crippen LogP contribution in [0.2, 0.25) is 0 Å². The predicted molar refractivity (Wildman–Crippen MR) is 108 cm³/mol. The molecular weight excluding hydrogens is 372 g/mol. The van der Waals surface area contributed by atoms with E-state index in [4.69, 9.17) is 13.9 Å². The van der Waals surface area contributed by atoms with Gasteiger partial charge in [-0.1, -0.05) is 6.07 Å². The van der Waals surface area contributed by atoms with Gasteiger partial charge in [0.25, 0.3) is 11.8 Å². The summed E-state index contributed by atoms with van der Waals surface area (Å²) in [6, 6.07) is 15.5. The van der Waals surface area contributed by atoms with Crippen LogP contribution in [0.4, 0.5) is 5.69 Å². The van der Waals surface area contributed by atoms with Gasteiger partial charge in [-0.25, -0.2) is 0 Å². The monoisotopic (exact) mass is 394 g/mol. The van der Waals surface area contributed by atoms with Crippen molar-refractivity contribution >= 4 is 17.5 Å². The van der Waals surface area contributed by atoms with Crippen LogP contribution in [0.1, 0.15) is 26.5 Å². The highest BCUT2D eigenvalue weighted by atomic mass is 16.5. The molecule has 0 aliphatic heterocycles. The summed E-state index contributed by atoms with van der Waals surface area (Å²) in [5.74, 6) is 0.989. The van der Waals surface area contributed by atoms with Crippen molar-refractivity contribution in [2.45, 2.75) is 6.54 Å². The predicted octanol–water partition coefficient (Wildman–Crippen LogP) is 3.82. The molecule has 3 rings (SSSR count). The van der Waals surface area contributed by atoms with E-state index in [1.54, 1.807) is 62.6 Å². The van der Waals surface area contributed by atoms with Crippen LogP contribution in [0, 0.1) is 0 Å². The average Bonchev–Trinajstić information content (AvgIpc) is 3.28. The lowest BCUT2D eigenvalue weighted by molar-refractivity contribution is 0.0785. The third-order valence-electron chi connectivity index (χ3n) is 4.35. The maximum absolute atomic E-state index is 12.7. The molecule has 0 radical (unpaired) electrons. The Labute approximate surface area is 168 Å². The normalized spacial score (nSPS) is 10.3. The molecule has 7 heteroatoms. The number of nitrogens with zero attached hydrogens (tertiary/aromatic N) is 1. The van der Waals surface area contributed by atoms with Gasteiger partial charge in [-0.15, -0.1) is 0 Å². The molecule has 2 amide bonds. The maximum Gasteiger partial charge on any atom is 0.291 e. The largest absolute Gasteiger partial charge is 0.493 e. The zero-order chi connectivity index (χ0) is 20.8. The topological polar surface area (TPSA) is 81.0 Å². The van der Waals surface area contributed by atoms with E-state index in [9.17, 15) is 9.59 Å². The van der Waals surface area contributed by atoms with E-state index in [2.05, 4.69) is 5.32 Å². The molecule has 0 fully saturated rings. The lowest BCUT2D eigenvalue weighted by atomic mass is 10.1. The molecule has 1 aromatic heterocycles. The highest BCUT2D eigenvalue weighted by molar-refractivity contribution is 6.02. The first kappa shape index (κ1) is 20.0. The van der Waals surface area contributed by atoms with Gasteiger partial charge in [-0.05, 0) is 54.1 Å². The molecule has 0 aliphatic carbocycles. The molecule has 0 unspecified atom stereocenters. The van der Waals surface area contributed by atoms with Crippen LogP contribution >= 0.6 is 0 Å². The molecule has 0 saturated heterocycles. The highest BCUT2D eigenvalue weighted by Crippen LogP contribution is 2.28. The Morgan fingerprint density at radius 3 is 2.34 bits per heavy atom. The Kier molecular flexibility index (Phi) is 6.19. The van der Waals surface area contributed by atoms with Gasteiger partial charge in [0.05, 0.1) is 20.5 Å². The van der Waals surface area contributed by atoms with Crippen LogP contribution in [0.15, 0.2) is 65.3 Å². The zero-order valence-electron chi connectivity index (χ0n) is 16.5. The SMILES string of the molecule is COc1ccc(CN(C)C(=O)c2ccc(NC(=O)c3ccco3)cc2)cc1OC. The van der Waals surface area contributed by atoms with Gasteiger partial charge in [0.2, 0.25) is 0 Å². The summed E-state index contributed by atoms with van der Waals surface area (Å²) in [6.45, 7) is 0.413. The molecule has 0 atom stereocenters. The van der Waals surface area contributed by atoms with Crippen LogP contribution < -0.4 is 14.8 Å². The van der Waals surface area contributed by atoms with Crippen molar-refractivity contribution in [2.24, 2.45) is 0 Å². The fourth-order valence-electron chi connectivity index (χ4n) is 2.84. The van der Waals surface area contributed by atoms with E-state index >= 15 is 0 Å². The number of methoxy groups -OCH3 is 2. The number of anilines is 1. The molecule has 0 saturated carbocycles. The average molecular weight is 394 g/mol. The van der Waals surface area contributed by atoms with Crippen molar-refractivity contribution in [3.8, 4) is 11.5 Å². The fourth-order valence-corrected chi connectivity index (χ4v) is 2.84. The number of nitrogens with one attached hydrogen (secondary N) is 1. The Balaban J connectivity index is 1.64. The second-order valence-corrected chi connectivity index (χ2v) is 6.36. The third kappa shape index (κ3) is 4.76. The second-order valence-electron chi connectivity index (χ2n) is 6.36. The number of rotatable bonds is 7. The third-order valence-corrected chi connectivity index (χ3v) is 4.35. The summed E-state index contributed by atoms with van der Waals surface area (Å²) in [5.41, 5.74) is 2.01. The Morgan fingerprint density at radius 2 is 1.72 bits per heavy atom. The molecule has 0 bridgehead atoms. The summed E-state index contributed by atoms with van der Waals surface area (Å²) in [7, 11) is 4.88. The van der Waals surface area contributed by atoms with E-state index in [0.717, 1.165) is 5.56 Å². The molecule has 29 heavy (non-hydrogen) atoms. The molecule has 1 N–H and O–H groups in total. The molecule has 1 heterocycles. The number of amides is 2. The molecule has 0 aliphatic rings.